The number of aliphatic hydroxyl groups excluding tert-OH is 3. The molecule has 2 saturated carbocycles. The first-order valence-electron chi connectivity index (χ1n) is 12.9. The van der Waals surface area contributed by atoms with Crippen molar-refractivity contribution >= 4 is 5.78 Å². The Morgan fingerprint density at radius 1 is 1.24 bits per heavy atom. The third-order valence-corrected chi connectivity index (χ3v) is 9.25. The average molecular weight is 463 g/mol. The Hall–Kier alpha value is -1.01. The summed E-state index contributed by atoms with van der Waals surface area (Å²) in [4.78, 5) is 13.9. The van der Waals surface area contributed by atoms with E-state index in [1.165, 1.54) is 5.57 Å². The molecule has 8 atom stereocenters. The minimum atomic E-state index is -0.712. The van der Waals surface area contributed by atoms with Crippen molar-refractivity contribution in [2.24, 2.45) is 34.5 Å². The van der Waals surface area contributed by atoms with Crippen molar-refractivity contribution in [1.82, 2.24) is 0 Å². The largest absolute Gasteiger partial charge is 0.396 e. The van der Waals surface area contributed by atoms with Gasteiger partial charge < -0.3 is 20.1 Å². The zero-order chi connectivity index (χ0) is 24.6. The molecule has 0 spiro atoms. The molecule has 0 amide bonds. The molecule has 3 aliphatic rings. The Morgan fingerprint density at radius 3 is 2.55 bits per heavy atom. The summed E-state index contributed by atoms with van der Waals surface area (Å²) in [6.45, 7) is 10.8. The SMILES string of the molecule is CO[C@H](/C=C(/C)[C@H]1CC[C@@H](C2=C[C@H](O)[C@H]3C[C@@H](O)CC[C@]3(C)C2=O)[C@]1(C)CCO)CC(C)C. The van der Waals surface area contributed by atoms with Crippen molar-refractivity contribution in [2.75, 3.05) is 13.7 Å². The molecule has 0 aliphatic heterocycles. The quantitative estimate of drug-likeness (QED) is 0.464. The van der Waals surface area contributed by atoms with Gasteiger partial charge in [-0.05, 0) is 86.7 Å². The lowest BCUT2D eigenvalue weighted by Gasteiger charge is -2.49. The van der Waals surface area contributed by atoms with Gasteiger partial charge in [-0.2, -0.15) is 0 Å². The first-order chi connectivity index (χ1) is 15.5. The highest BCUT2D eigenvalue weighted by molar-refractivity contribution is 6.01. The number of fused-ring (bicyclic) bond motifs is 1. The van der Waals surface area contributed by atoms with Crippen LogP contribution >= 0.6 is 0 Å². The summed E-state index contributed by atoms with van der Waals surface area (Å²) >= 11 is 0. The molecule has 2 fully saturated rings. The van der Waals surface area contributed by atoms with Gasteiger partial charge in [0.2, 0.25) is 0 Å². The Bertz CT molecular complexity index is 770. The van der Waals surface area contributed by atoms with E-state index in [1.54, 1.807) is 13.2 Å². The molecular formula is C28H46O5. The molecule has 33 heavy (non-hydrogen) atoms. The molecule has 0 aromatic carbocycles. The van der Waals surface area contributed by atoms with Gasteiger partial charge in [0, 0.05) is 25.0 Å². The van der Waals surface area contributed by atoms with Crippen LogP contribution in [0.1, 0.15) is 79.6 Å². The van der Waals surface area contributed by atoms with Crippen LogP contribution in [0.2, 0.25) is 0 Å². The second-order valence-corrected chi connectivity index (χ2v) is 11.9. The van der Waals surface area contributed by atoms with Gasteiger partial charge in [0.15, 0.2) is 5.78 Å². The van der Waals surface area contributed by atoms with Gasteiger partial charge in [0.05, 0.1) is 18.3 Å². The molecule has 3 N–H and O–H groups in total. The third-order valence-electron chi connectivity index (χ3n) is 9.25. The van der Waals surface area contributed by atoms with Gasteiger partial charge in [-0.15, -0.1) is 0 Å². The van der Waals surface area contributed by atoms with Gasteiger partial charge in [0.25, 0.3) is 0 Å². The number of Topliss-reactive ketones (excluding diaryl/α,β-unsaturated/α-hetero) is 1. The topological polar surface area (TPSA) is 87.0 Å². The first-order valence-corrected chi connectivity index (χ1v) is 12.9. The molecule has 5 heteroatoms. The molecule has 0 aromatic rings. The molecule has 3 aliphatic carbocycles. The van der Waals surface area contributed by atoms with Gasteiger partial charge in [-0.3, -0.25) is 4.79 Å². The summed E-state index contributed by atoms with van der Waals surface area (Å²) < 4.78 is 5.73. The summed E-state index contributed by atoms with van der Waals surface area (Å²) in [5.74, 6) is 0.725. The summed E-state index contributed by atoms with van der Waals surface area (Å²) in [6, 6.07) is 0. The van der Waals surface area contributed by atoms with E-state index < -0.39 is 17.6 Å². The summed E-state index contributed by atoms with van der Waals surface area (Å²) in [7, 11) is 1.76. The zero-order valence-corrected chi connectivity index (χ0v) is 21.5. The number of rotatable bonds is 8. The van der Waals surface area contributed by atoms with E-state index in [2.05, 4.69) is 33.8 Å². The van der Waals surface area contributed by atoms with Crippen LogP contribution in [0.4, 0.5) is 0 Å². The number of carbonyl (C=O) groups is 1. The van der Waals surface area contributed by atoms with E-state index in [0.717, 1.165) is 24.8 Å². The van der Waals surface area contributed by atoms with Crippen molar-refractivity contribution in [3.05, 3.63) is 23.3 Å². The molecule has 0 aromatic heterocycles. The molecular weight excluding hydrogens is 416 g/mol. The molecule has 0 bridgehead atoms. The van der Waals surface area contributed by atoms with Crippen molar-refractivity contribution in [3.8, 4) is 0 Å². The minimum absolute atomic E-state index is 0.0101. The number of ether oxygens (including phenoxy) is 1. The van der Waals surface area contributed by atoms with Crippen LogP contribution < -0.4 is 0 Å². The summed E-state index contributed by atoms with van der Waals surface area (Å²) in [5.41, 5.74) is 1.15. The predicted octanol–water partition coefficient (Wildman–Crippen LogP) is 4.45. The van der Waals surface area contributed by atoms with E-state index in [9.17, 15) is 20.1 Å². The highest BCUT2D eigenvalue weighted by Crippen LogP contribution is 2.59. The average Bonchev–Trinajstić information content (AvgIpc) is 3.08. The van der Waals surface area contributed by atoms with Crippen molar-refractivity contribution in [2.45, 2.75) is 97.9 Å². The fraction of sp³-hybridized carbons (Fsp3) is 0.821. The van der Waals surface area contributed by atoms with E-state index in [-0.39, 0.29) is 41.7 Å². The second kappa shape index (κ2) is 10.3. The monoisotopic (exact) mass is 462 g/mol. The number of carbonyl (C=O) groups excluding carboxylic acids is 1. The van der Waals surface area contributed by atoms with E-state index in [4.69, 9.17) is 4.74 Å². The van der Waals surface area contributed by atoms with Crippen LogP contribution in [-0.4, -0.2) is 53.1 Å². The fourth-order valence-corrected chi connectivity index (χ4v) is 7.29. The molecule has 3 rings (SSSR count). The van der Waals surface area contributed by atoms with Crippen molar-refractivity contribution in [3.63, 3.8) is 0 Å². The van der Waals surface area contributed by atoms with E-state index >= 15 is 0 Å². The number of allylic oxidation sites excluding steroid dienone is 2. The van der Waals surface area contributed by atoms with Crippen LogP contribution in [0.3, 0.4) is 0 Å². The first kappa shape index (κ1) is 26.6. The maximum Gasteiger partial charge on any atom is 0.165 e. The Labute approximate surface area is 200 Å². The number of ketones is 1. The molecule has 5 nitrogen and oxygen atoms in total. The molecule has 0 unspecified atom stereocenters. The van der Waals surface area contributed by atoms with E-state index in [0.29, 0.717) is 31.6 Å². The van der Waals surface area contributed by atoms with Gasteiger partial charge in [-0.1, -0.05) is 39.3 Å². The number of hydrogen-bond acceptors (Lipinski definition) is 5. The predicted molar refractivity (Wildman–Crippen MR) is 131 cm³/mol. The maximum absolute atomic E-state index is 13.9. The van der Waals surface area contributed by atoms with Gasteiger partial charge >= 0.3 is 0 Å². The third kappa shape index (κ3) is 5.03. The molecule has 0 heterocycles. The maximum atomic E-state index is 13.9. The summed E-state index contributed by atoms with van der Waals surface area (Å²) in [5, 5.41) is 31.2. The van der Waals surface area contributed by atoms with Gasteiger partial charge in [0.1, 0.15) is 0 Å². The van der Waals surface area contributed by atoms with Crippen LogP contribution in [0.15, 0.2) is 23.3 Å². The van der Waals surface area contributed by atoms with Crippen LogP contribution in [-0.2, 0) is 9.53 Å². The smallest absolute Gasteiger partial charge is 0.165 e. The zero-order valence-electron chi connectivity index (χ0n) is 21.5. The van der Waals surface area contributed by atoms with Crippen LogP contribution in [0, 0.1) is 34.5 Å². The Kier molecular flexibility index (Phi) is 8.31. The highest BCUT2D eigenvalue weighted by atomic mass is 16.5. The Balaban J connectivity index is 1.94. The standard InChI is InChI=1S/C28H46O5/c1-17(2)13-20(33-6)14-18(3)22-7-8-23(27(22,4)11-12-29)21-16-25(31)24-15-19(30)9-10-28(24,5)26(21)32/h14,16-17,19-20,22-25,29-31H,7-13,15H2,1-6H3/b18-14-/t19-,20-,22+,23-,24+,25-,27+,28-/m0/s1. The lowest BCUT2D eigenvalue weighted by Crippen LogP contribution is -2.52. The molecule has 0 saturated heterocycles. The Morgan fingerprint density at radius 2 is 1.94 bits per heavy atom. The lowest BCUT2D eigenvalue weighted by molar-refractivity contribution is -0.138. The fourth-order valence-electron chi connectivity index (χ4n) is 7.29. The highest BCUT2D eigenvalue weighted by Gasteiger charge is 2.56. The van der Waals surface area contributed by atoms with E-state index in [1.807, 2.05) is 6.92 Å². The summed E-state index contributed by atoms with van der Waals surface area (Å²) in [6.07, 6.45) is 8.06. The van der Waals surface area contributed by atoms with Crippen LogP contribution in [0.5, 0.6) is 0 Å². The number of methoxy groups -OCH3 is 1. The second-order valence-electron chi connectivity index (χ2n) is 11.9. The minimum Gasteiger partial charge on any atom is -0.396 e. The lowest BCUT2D eigenvalue weighted by atomic mass is 9.55. The van der Waals surface area contributed by atoms with Gasteiger partial charge in [-0.25, -0.2) is 0 Å². The molecule has 188 valence electrons. The number of aliphatic hydroxyl groups is 3. The van der Waals surface area contributed by atoms with Crippen molar-refractivity contribution in [1.29, 1.82) is 0 Å². The normalized spacial score (nSPS) is 40.7. The number of hydrogen-bond donors (Lipinski definition) is 3. The molecule has 0 radical (unpaired) electrons. The van der Waals surface area contributed by atoms with Crippen molar-refractivity contribution < 1.29 is 24.9 Å². The van der Waals surface area contributed by atoms with Crippen LogP contribution in [0.25, 0.3) is 0 Å².